The SMILES string of the molecule is NC(=S)Nc1cccc(C(=O)N2CCC3(CCN(S(=O)(=O)c4cccs4)CC3)C2)c1. The summed E-state index contributed by atoms with van der Waals surface area (Å²) >= 11 is 6.11. The van der Waals surface area contributed by atoms with Crippen LogP contribution in [0, 0.1) is 5.41 Å². The lowest BCUT2D eigenvalue weighted by atomic mass is 9.78. The predicted octanol–water partition coefficient (Wildman–Crippen LogP) is 2.72. The molecule has 160 valence electrons. The van der Waals surface area contributed by atoms with Gasteiger partial charge in [-0.25, -0.2) is 8.42 Å². The number of carbonyl (C=O) groups is 1. The Morgan fingerprint density at radius 3 is 2.53 bits per heavy atom. The largest absolute Gasteiger partial charge is 0.376 e. The van der Waals surface area contributed by atoms with Crippen LogP contribution in [0.25, 0.3) is 0 Å². The Morgan fingerprint density at radius 2 is 1.87 bits per heavy atom. The highest BCUT2D eigenvalue weighted by atomic mass is 32.2. The van der Waals surface area contributed by atoms with Crippen molar-refractivity contribution in [1.82, 2.24) is 9.21 Å². The summed E-state index contributed by atoms with van der Waals surface area (Å²) in [6, 6.07) is 10.6. The number of carbonyl (C=O) groups excluding carboxylic acids is 1. The molecule has 1 amide bonds. The fourth-order valence-electron chi connectivity index (χ4n) is 4.31. The van der Waals surface area contributed by atoms with Crippen molar-refractivity contribution in [2.45, 2.75) is 23.5 Å². The molecule has 4 rings (SSSR count). The number of hydrogen-bond donors (Lipinski definition) is 2. The molecule has 3 heterocycles. The second kappa shape index (κ2) is 8.26. The highest BCUT2D eigenvalue weighted by Gasteiger charge is 2.44. The van der Waals surface area contributed by atoms with Crippen LogP contribution in [0.2, 0.25) is 0 Å². The number of anilines is 1. The predicted molar refractivity (Wildman–Crippen MR) is 122 cm³/mol. The van der Waals surface area contributed by atoms with E-state index >= 15 is 0 Å². The maximum Gasteiger partial charge on any atom is 0.253 e. The summed E-state index contributed by atoms with van der Waals surface area (Å²) in [6.07, 6.45) is 2.44. The molecule has 1 aromatic carbocycles. The van der Waals surface area contributed by atoms with E-state index in [4.69, 9.17) is 18.0 Å². The summed E-state index contributed by atoms with van der Waals surface area (Å²) in [5.74, 6) is -0.0212. The average Bonchev–Trinajstić information content (AvgIpc) is 3.39. The van der Waals surface area contributed by atoms with E-state index in [2.05, 4.69) is 5.32 Å². The average molecular weight is 465 g/mol. The van der Waals surface area contributed by atoms with Crippen molar-refractivity contribution in [3.8, 4) is 0 Å². The molecule has 2 aromatic rings. The summed E-state index contributed by atoms with van der Waals surface area (Å²) < 4.78 is 27.5. The number of amides is 1. The quantitative estimate of drug-likeness (QED) is 0.676. The van der Waals surface area contributed by atoms with Crippen LogP contribution in [0.5, 0.6) is 0 Å². The molecule has 2 fully saturated rings. The summed E-state index contributed by atoms with van der Waals surface area (Å²) in [5, 5.41) is 4.79. The molecule has 2 aliphatic heterocycles. The normalized spacial score (nSPS) is 19.1. The first-order valence-corrected chi connectivity index (χ1v) is 12.5. The summed E-state index contributed by atoms with van der Waals surface area (Å²) in [7, 11) is -3.41. The van der Waals surface area contributed by atoms with Gasteiger partial charge < -0.3 is 16.0 Å². The van der Waals surface area contributed by atoms with Gasteiger partial charge in [0.1, 0.15) is 4.21 Å². The van der Waals surface area contributed by atoms with E-state index in [1.54, 1.807) is 40.0 Å². The number of nitrogens with one attached hydrogen (secondary N) is 1. The molecule has 7 nitrogen and oxygen atoms in total. The van der Waals surface area contributed by atoms with Crippen LogP contribution in [0.15, 0.2) is 46.0 Å². The zero-order valence-electron chi connectivity index (χ0n) is 16.4. The molecular weight excluding hydrogens is 440 g/mol. The molecule has 0 radical (unpaired) electrons. The number of thiocarbonyl (C=S) groups is 1. The molecule has 1 aromatic heterocycles. The van der Waals surface area contributed by atoms with E-state index in [0.717, 1.165) is 19.3 Å². The molecule has 3 N–H and O–H groups in total. The first-order valence-electron chi connectivity index (χ1n) is 9.79. The minimum atomic E-state index is -3.41. The number of piperidine rings is 1. The summed E-state index contributed by atoms with van der Waals surface area (Å²) in [6.45, 7) is 2.33. The Balaban J connectivity index is 1.40. The van der Waals surface area contributed by atoms with Gasteiger partial charge in [0.2, 0.25) is 0 Å². The zero-order chi connectivity index (χ0) is 21.4. The maximum absolute atomic E-state index is 13.0. The van der Waals surface area contributed by atoms with Gasteiger partial charge in [0.05, 0.1) is 0 Å². The zero-order valence-corrected chi connectivity index (χ0v) is 18.9. The van der Waals surface area contributed by atoms with Crippen LogP contribution in [-0.4, -0.2) is 54.8 Å². The van der Waals surface area contributed by atoms with Crippen molar-refractivity contribution < 1.29 is 13.2 Å². The summed E-state index contributed by atoms with van der Waals surface area (Å²) in [4.78, 5) is 14.9. The first kappa shape index (κ1) is 21.2. The van der Waals surface area contributed by atoms with E-state index in [9.17, 15) is 13.2 Å². The molecule has 10 heteroatoms. The third-order valence-corrected chi connectivity index (χ3v) is 9.35. The Hall–Kier alpha value is -2.01. The van der Waals surface area contributed by atoms with E-state index in [0.29, 0.717) is 41.6 Å². The van der Waals surface area contributed by atoms with Crippen LogP contribution >= 0.6 is 23.6 Å². The number of nitrogens with zero attached hydrogens (tertiary/aromatic N) is 2. The molecule has 0 atom stereocenters. The molecular formula is C20H24N4O3S3. The van der Waals surface area contributed by atoms with Gasteiger partial charge in [0, 0.05) is 37.4 Å². The molecule has 0 unspecified atom stereocenters. The summed E-state index contributed by atoms with van der Waals surface area (Å²) in [5.41, 5.74) is 6.79. The van der Waals surface area contributed by atoms with Crippen LogP contribution < -0.4 is 11.1 Å². The van der Waals surface area contributed by atoms with Crippen LogP contribution in [-0.2, 0) is 10.0 Å². The van der Waals surface area contributed by atoms with Gasteiger partial charge in [-0.05, 0) is 66.5 Å². The third kappa shape index (κ3) is 4.22. The van der Waals surface area contributed by atoms with Crippen LogP contribution in [0.3, 0.4) is 0 Å². The highest BCUT2D eigenvalue weighted by Crippen LogP contribution is 2.42. The van der Waals surface area contributed by atoms with Gasteiger partial charge in [0.25, 0.3) is 15.9 Å². The van der Waals surface area contributed by atoms with Gasteiger partial charge >= 0.3 is 0 Å². The lowest BCUT2D eigenvalue weighted by Gasteiger charge is -2.38. The van der Waals surface area contributed by atoms with E-state index in [-0.39, 0.29) is 16.4 Å². The van der Waals surface area contributed by atoms with Gasteiger partial charge in [-0.15, -0.1) is 11.3 Å². The Morgan fingerprint density at radius 1 is 1.13 bits per heavy atom. The van der Waals surface area contributed by atoms with Crippen molar-refractivity contribution in [3.63, 3.8) is 0 Å². The molecule has 0 aliphatic carbocycles. The maximum atomic E-state index is 13.0. The van der Waals surface area contributed by atoms with Crippen molar-refractivity contribution in [1.29, 1.82) is 0 Å². The van der Waals surface area contributed by atoms with Crippen molar-refractivity contribution >= 4 is 50.3 Å². The van der Waals surface area contributed by atoms with Crippen LogP contribution in [0.4, 0.5) is 5.69 Å². The molecule has 30 heavy (non-hydrogen) atoms. The lowest BCUT2D eigenvalue weighted by molar-refractivity contribution is 0.0750. The van der Waals surface area contributed by atoms with E-state index in [1.807, 2.05) is 11.0 Å². The topological polar surface area (TPSA) is 95.7 Å². The standard InChI is InChI=1S/C20H24N4O3S3/c21-19(28)22-16-4-1-3-15(13-16)18(25)23-9-6-20(14-23)7-10-24(11-8-20)30(26,27)17-5-2-12-29-17/h1-5,12-13H,6-11,14H2,(H3,21,22,28). The lowest BCUT2D eigenvalue weighted by Crippen LogP contribution is -2.44. The minimum Gasteiger partial charge on any atom is -0.376 e. The van der Waals surface area contributed by atoms with Crippen molar-refractivity contribution in [3.05, 3.63) is 47.3 Å². The number of benzene rings is 1. The second-order valence-electron chi connectivity index (χ2n) is 7.88. The second-order valence-corrected chi connectivity index (χ2v) is 11.4. The molecule has 2 aliphatic rings. The molecule has 1 spiro atoms. The Kier molecular flexibility index (Phi) is 5.84. The third-order valence-electron chi connectivity index (χ3n) is 5.97. The Bertz CT molecular complexity index is 1050. The number of thiophene rings is 1. The smallest absolute Gasteiger partial charge is 0.253 e. The highest BCUT2D eigenvalue weighted by molar-refractivity contribution is 7.91. The fraction of sp³-hybridized carbons (Fsp3) is 0.400. The van der Waals surface area contributed by atoms with Crippen molar-refractivity contribution in [2.24, 2.45) is 11.1 Å². The van der Waals surface area contributed by atoms with Crippen molar-refractivity contribution in [2.75, 3.05) is 31.5 Å². The van der Waals surface area contributed by atoms with Gasteiger partial charge in [0.15, 0.2) is 5.11 Å². The van der Waals surface area contributed by atoms with Gasteiger partial charge in [-0.2, -0.15) is 4.31 Å². The van der Waals surface area contributed by atoms with Gasteiger partial charge in [-0.1, -0.05) is 12.1 Å². The molecule has 0 bridgehead atoms. The van der Waals surface area contributed by atoms with E-state index in [1.165, 1.54) is 11.3 Å². The van der Waals surface area contributed by atoms with E-state index < -0.39 is 10.0 Å². The number of likely N-dealkylation sites (tertiary alicyclic amines) is 1. The van der Waals surface area contributed by atoms with Gasteiger partial charge in [-0.3, -0.25) is 4.79 Å². The first-order chi connectivity index (χ1) is 14.3. The number of sulfonamides is 1. The number of rotatable bonds is 4. The minimum absolute atomic E-state index is 0.00812. The number of nitrogens with two attached hydrogens (primary N) is 1. The monoisotopic (exact) mass is 464 g/mol. The molecule has 0 saturated carbocycles. The fourth-order valence-corrected chi connectivity index (χ4v) is 7.01. The number of hydrogen-bond acceptors (Lipinski definition) is 5. The Labute approximate surface area is 185 Å². The van der Waals surface area contributed by atoms with Crippen LogP contribution in [0.1, 0.15) is 29.6 Å². The molecule has 2 saturated heterocycles.